The van der Waals surface area contributed by atoms with E-state index >= 15 is 0 Å². The van der Waals surface area contributed by atoms with Gasteiger partial charge in [-0.05, 0) is 0 Å². The quantitative estimate of drug-likeness (QED) is 0.390. The molecule has 1 aromatic carbocycles. The molecule has 1 aromatic rings. The number of hydrogen-bond donors (Lipinski definition) is 0. The molecule has 0 fully saturated rings. The van der Waals surface area contributed by atoms with Crippen LogP contribution in [0.4, 0.5) is 0 Å². The van der Waals surface area contributed by atoms with Crippen LogP contribution in [0.1, 0.15) is 34.6 Å². The van der Waals surface area contributed by atoms with Crippen LogP contribution < -0.4 is 0 Å². The molecule has 16 heavy (non-hydrogen) atoms. The Balaban J connectivity index is -0.000000166. The summed E-state index contributed by atoms with van der Waals surface area (Å²) in [5, 5.41) is 0. The first-order valence-electron chi connectivity index (χ1n) is 5.19. The molecule has 0 nitrogen and oxygen atoms in total. The second-order valence-corrected chi connectivity index (χ2v) is 3.51. The zero-order valence-electron chi connectivity index (χ0n) is 11.0. The molecule has 0 aliphatic heterocycles. The number of hydrogen-bond acceptors (Lipinski definition) is 0. The summed E-state index contributed by atoms with van der Waals surface area (Å²) in [6.07, 6.45) is 3.94. The van der Waals surface area contributed by atoms with Crippen LogP contribution in [-0.2, 0) is 19.5 Å². The molecule has 0 aromatic heterocycles. The molecule has 0 bridgehead atoms. The van der Waals surface area contributed by atoms with Crippen LogP contribution in [0.25, 0.3) is 0 Å². The Morgan fingerprint density at radius 1 is 1.12 bits per heavy atom. The Kier molecular flexibility index (Phi) is 21.9. The molecule has 0 spiro atoms. The summed E-state index contributed by atoms with van der Waals surface area (Å²) in [6.45, 7) is 15.3. The predicted molar refractivity (Wildman–Crippen MR) is 70.6 cm³/mol. The van der Waals surface area contributed by atoms with Gasteiger partial charge in [0.25, 0.3) is 0 Å². The summed E-state index contributed by atoms with van der Waals surface area (Å²) in [5.74, 6) is 0. The molecular weight excluding hydrogens is 281 g/mol. The van der Waals surface area contributed by atoms with Crippen molar-refractivity contribution in [3.8, 4) is 0 Å². The van der Waals surface area contributed by atoms with Crippen molar-refractivity contribution >= 4 is 0 Å². The van der Waals surface area contributed by atoms with Gasteiger partial charge in [0.05, 0.1) is 0 Å². The molecular formula is C15H23Ru. The fraction of sp³-hybridized carbons (Fsp3) is 0.333. The summed E-state index contributed by atoms with van der Waals surface area (Å²) in [5.41, 5.74) is 2.13. The zero-order valence-corrected chi connectivity index (χ0v) is 12.7. The minimum absolute atomic E-state index is 0. The van der Waals surface area contributed by atoms with Crippen LogP contribution in [-0.4, -0.2) is 0 Å². The third-order valence-electron chi connectivity index (χ3n) is 1.07. The van der Waals surface area contributed by atoms with E-state index in [0.29, 0.717) is 0 Å². The van der Waals surface area contributed by atoms with Crippen LogP contribution >= 0.6 is 0 Å². The molecule has 0 aliphatic carbocycles. The van der Waals surface area contributed by atoms with E-state index in [4.69, 9.17) is 6.58 Å². The Bertz CT molecular complexity index is 221. The summed E-state index contributed by atoms with van der Waals surface area (Å²) in [6, 6.07) is 10.0. The van der Waals surface area contributed by atoms with E-state index in [1.807, 2.05) is 77.4 Å². The van der Waals surface area contributed by atoms with E-state index in [2.05, 4.69) is 0 Å². The monoisotopic (exact) mass is 305 g/mol. The first-order valence-corrected chi connectivity index (χ1v) is 5.19. The number of rotatable bonds is 1. The molecule has 1 rings (SSSR count). The maximum absolute atomic E-state index is 5.33. The van der Waals surface area contributed by atoms with Crippen molar-refractivity contribution in [2.75, 3.05) is 0 Å². The molecule has 0 heterocycles. The second-order valence-electron chi connectivity index (χ2n) is 3.51. The fourth-order valence-electron chi connectivity index (χ4n) is 0.776. The third-order valence-corrected chi connectivity index (χ3v) is 1.07. The van der Waals surface area contributed by atoms with Gasteiger partial charge in [0.1, 0.15) is 0 Å². The standard InChI is InChI=1S/C7H11.C5H5.C3H7.Ru/c1-6(2)5-7(3)4;1-2-4-5-3-1;1-3-2;/h1,5H,2-4H3;1-5H;3H,1-2H3;/q3*-1;+3. The van der Waals surface area contributed by atoms with Crippen molar-refractivity contribution in [3.63, 3.8) is 0 Å². The van der Waals surface area contributed by atoms with Gasteiger partial charge in [0, 0.05) is 0 Å². The van der Waals surface area contributed by atoms with Gasteiger partial charge in [-0.15, -0.1) is 0 Å². The smallest absolute Gasteiger partial charge is 0.335 e. The molecule has 0 unspecified atom stereocenters. The van der Waals surface area contributed by atoms with Gasteiger partial charge < -0.3 is 6.42 Å². The van der Waals surface area contributed by atoms with Gasteiger partial charge in [-0.25, -0.2) is 23.8 Å². The van der Waals surface area contributed by atoms with Gasteiger partial charge in [-0.2, -0.15) is 37.6 Å². The first kappa shape index (κ1) is 20.8. The number of allylic oxidation sites excluding steroid dienone is 3. The van der Waals surface area contributed by atoms with Gasteiger partial charge in [0.2, 0.25) is 0 Å². The van der Waals surface area contributed by atoms with Crippen molar-refractivity contribution in [2.45, 2.75) is 34.6 Å². The zero-order chi connectivity index (χ0) is 12.1. The van der Waals surface area contributed by atoms with Crippen LogP contribution in [0.3, 0.4) is 0 Å². The summed E-state index contributed by atoms with van der Waals surface area (Å²) >= 11 is 0. The van der Waals surface area contributed by atoms with Crippen LogP contribution in [0.5, 0.6) is 0 Å². The Morgan fingerprint density at radius 3 is 1.56 bits per heavy atom. The molecule has 0 saturated carbocycles. The Labute approximate surface area is 115 Å². The molecule has 0 atom stereocenters. The maximum Gasteiger partial charge on any atom is 3.00 e. The van der Waals surface area contributed by atoms with Crippen LogP contribution in [0.15, 0.2) is 47.6 Å². The minimum Gasteiger partial charge on any atom is -0.335 e. The van der Waals surface area contributed by atoms with Crippen molar-refractivity contribution < 1.29 is 19.5 Å². The molecule has 0 amide bonds. The van der Waals surface area contributed by atoms with E-state index in [1.165, 1.54) is 5.57 Å². The topological polar surface area (TPSA) is 0 Å². The second kappa shape index (κ2) is 16.9. The largest absolute Gasteiger partial charge is 3.00 e. The molecule has 0 N–H and O–H groups in total. The van der Waals surface area contributed by atoms with Crippen molar-refractivity contribution in [1.29, 1.82) is 0 Å². The van der Waals surface area contributed by atoms with Gasteiger partial charge in [-0.1, -0.05) is 20.8 Å². The van der Waals surface area contributed by atoms with E-state index < -0.39 is 0 Å². The average molecular weight is 304 g/mol. The normalized spacial score (nSPS) is 7.06. The van der Waals surface area contributed by atoms with Crippen molar-refractivity contribution in [2.24, 2.45) is 0 Å². The summed E-state index contributed by atoms with van der Waals surface area (Å²) < 4.78 is 0. The summed E-state index contributed by atoms with van der Waals surface area (Å²) in [4.78, 5) is 0. The average Bonchev–Trinajstić information content (AvgIpc) is 2.58. The maximum atomic E-state index is 5.33. The van der Waals surface area contributed by atoms with Crippen molar-refractivity contribution in [1.82, 2.24) is 0 Å². The molecule has 91 valence electrons. The van der Waals surface area contributed by atoms with E-state index in [1.54, 1.807) is 0 Å². The molecule has 0 aliphatic rings. The molecule has 0 saturated heterocycles. The van der Waals surface area contributed by atoms with E-state index in [9.17, 15) is 0 Å². The van der Waals surface area contributed by atoms with Crippen LogP contribution in [0, 0.1) is 13.0 Å². The van der Waals surface area contributed by atoms with Gasteiger partial charge in [0.15, 0.2) is 0 Å². The fourth-order valence-corrected chi connectivity index (χ4v) is 0.776. The van der Waals surface area contributed by atoms with E-state index in [0.717, 1.165) is 5.57 Å². The van der Waals surface area contributed by atoms with E-state index in [-0.39, 0.29) is 19.5 Å². The van der Waals surface area contributed by atoms with Gasteiger partial charge in [-0.3, -0.25) is 6.58 Å². The Hall–Kier alpha value is -0.547. The molecule has 1 radical (unpaired) electrons. The minimum atomic E-state index is 0. The SMILES string of the molecule is C[CH-]C.[CH-]=C(C)C=C(C)C.[Ru+3].c1cc[cH-]c1. The third kappa shape index (κ3) is 29.2. The Morgan fingerprint density at radius 2 is 1.50 bits per heavy atom. The molecule has 1 heteroatoms. The first-order chi connectivity index (χ1) is 7.04. The predicted octanol–water partition coefficient (Wildman–Crippen LogP) is 4.97. The van der Waals surface area contributed by atoms with Crippen molar-refractivity contribution in [3.05, 3.63) is 60.6 Å². The van der Waals surface area contributed by atoms with Crippen LogP contribution in [0.2, 0.25) is 0 Å². The van der Waals surface area contributed by atoms with Gasteiger partial charge >= 0.3 is 19.5 Å². The summed E-state index contributed by atoms with van der Waals surface area (Å²) in [7, 11) is 0.